The van der Waals surface area contributed by atoms with Gasteiger partial charge in [-0.1, -0.05) is 24.3 Å². The van der Waals surface area contributed by atoms with Crippen LogP contribution in [0.5, 0.6) is 0 Å². The lowest BCUT2D eigenvalue weighted by Crippen LogP contribution is -2.44. The van der Waals surface area contributed by atoms with Gasteiger partial charge in [-0.3, -0.25) is 4.79 Å². The first kappa shape index (κ1) is 14.7. The van der Waals surface area contributed by atoms with E-state index >= 15 is 0 Å². The molecule has 4 N–H and O–H groups in total. The molecule has 1 rings (SSSR count). The number of aliphatic hydroxyl groups excluding tert-OH is 1. The standard InChI is InChI=1S/C14H22N2O2/c1-14(2,7-8-17)16-13(18)9-11-5-3-4-6-12(11)10-15/h3-6,17H,7-10,15H2,1-2H3,(H,16,18). The van der Waals surface area contributed by atoms with Crippen LogP contribution in [0, 0.1) is 0 Å². The summed E-state index contributed by atoms with van der Waals surface area (Å²) in [7, 11) is 0. The van der Waals surface area contributed by atoms with E-state index in [1.54, 1.807) is 0 Å². The lowest BCUT2D eigenvalue weighted by molar-refractivity contribution is -0.122. The van der Waals surface area contributed by atoms with Gasteiger partial charge in [0, 0.05) is 18.7 Å². The fourth-order valence-corrected chi connectivity index (χ4v) is 1.87. The molecule has 4 nitrogen and oxygen atoms in total. The summed E-state index contributed by atoms with van der Waals surface area (Å²) in [6.07, 6.45) is 0.861. The van der Waals surface area contributed by atoms with Crippen molar-refractivity contribution < 1.29 is 9.90 Å². The van der Waals surface area contributed by atoms with Gasteiger partial charge in [-0.2, -0.15) is 0 Å². The van der Waals surface area contributed by atoms with Gasteiger partial charge in [0.1, 0.15) is 0 Å². The highest BCUT2D eigenvalue weighted by molar-refractivity contribution is 5.79. The summed E-state index contributed by atoms with van der Waals surface area (Å²) in [6, 6.07) is 7.67. The molecule has 0 radical (unpaired) electrons. The zero-order chi connectivity index (χ0) is 13.6. The summed E-state index contributed by atoms with van der Waals surface area (Å²) in [5.74, 6) is -0.0469. The molecule has 0 atom stereocenters. The Morgan fingerprint density at radius 2 is 1.94 bits per heavy atom. The van der Waals surface area contributed by atoms with Gasteiger partial charge in [-0.05, 0) is 31.4 Å². The van der Waals surface area contributed by atoms with Gasteiger partial charge in [0.2, 0.25) is 5.91 Å². The molecule has 1 amide bonds. The minimum atomic E-state index is -0.385. The van der Waals surface area contributed by atoms with E-state index in [1.165, 1.54) is 0 Å². The van der Waals surface area contributed by atoms with Crippen LogP contribution in [0.1, 0.15) is 31.4 Å². The van der Waals surface area contributed by atoms with Crippen LogP contribution in [0.25, 0.3) is 0 Å². The lowest BCUT2D eigenvalue weighted by atomic mass is 9.99. The van der Waals surface area contributed by atoms with Crippen molar-refractivity contribution in [2.45, 2.75) is 38.8 Å². The molecular weight excluding hydrogens is 228 g/mol. The Morgan fingerprint density at radius 3 is 2.50 bits per heavy atom. The number of aliphatic hydroxyl groups is 1. The summed E-state index contributed by atoms with van der Waals surface area (Å²) in [6.45, 7) is 4.29. The van der Waals surface area contributed by atoms with E-state index in [4.69, 9.17) is 10.8 Å². The monoisotopic (exact) mass is 250 g/mol. The third-order valence-corrected chi connectivity index (χ3v) is 2.90. The first-order chi connectivity index (χ1) is 8.48. The number of amides is 1. The molecule has 0 fully saturated rings. The second kappa shape index (κ2) is 6.52. The molecule has 0 spiro atoms. The van der Waals surface area contributed by atoms with Crippen LogP contribution in [0.3, 0.4) is 0 Å². The molecule has 0 heterocycles. The van der Waals surface area contributed by atoms with E-state index in [9.17, 15) is 4.79 Å². The van der Waals surface area contributed by atoms with Crippen molar-refractivity contribution in [1.82, 2.24) is 5.32 Å². The molecule has 0 aliphatic rings. The largest absolute Gasteiger partial charge is 0.396 e. The quantitative estimate of drug-likeness (QED) is 0.704. The van der Waals surface area contributed by atoms with Crippen molar-refractivity contribution in [3.63, 3.8) is 0 Å². The van der Waals surface area contributed by atoms with Gasteiger partial charge in [0.25, 0.3) is 0 Å². The number of nitrogens with one attached hydrogen (secondary N) is 1. The van der Waals surface area contributed by atoms with Crippen LogP contribution in [0.4, 0.5) is 0 Å². The van der Waals surface area contributed by atoms with Gasteiger partial charge in [-0.25, -0.2) is 0 Å². The average Bonchev–Trinajstić information content (AvgIpc) is 2.28. The van der Waals surface area contributed by atoms with E-state index in [1.807, 2.05) is 38.1 Å². The zero-order valence-electron chi connectivity index (χ0n) is 11.1. The second-order valence-corrected chi connectivity index (χ2v) is 5.06. The fraction of sp³-hybridized carbons (Fsp3) is 0.500. The molecule has 1 aromatic rings. The molecule has 1 aromatic carbocycles. The van der Waals surface area contributed by atoms with Crippen LogP contribution in [-0.4, -0.2) is 23.2 Å². The van der Waals surface area contributed by atoms with E-state index in [2.05, 4.69) is 5.32 Å². The second-order valence-electron chi connectivity index (χ2n) is 5.06. The Morgan fingerprint density at radius 1 is 1.33 bits per heavy atom. The summed E-state index contributed by atoms with van der Waals surface area (Å²) in [5.41, 5.74) is 7.20. The van der Waals surface area contributed by atoms with Crippen LogP contribution in [-0.2, 0) is 17.8 Å². The Labute approximate surface area is 108 Å². The summed E-state index contributed by atoms with van der Waals surface area (Å²) in [4.78, 5) is 11.9. The number of carbonyl (C=O) groups excluding carboxylic acids is 1. The average molecular weight is 250 g/mol. The number of benzene rings is 1. The highest BCUT2D eigenvalue weighted by Crippen LogP contribution is 2.11. The minimum absolute atomic E-state index is 0.0469. The number of hydrogen-bond donors (Lipinski definition) is 3. The van der Waals surface area contributed by atoms with Crippen LogP contribution < -0.4 is 11.1 Å². The van der Waals surface area contributed by atoms with E-state index in [0.717, 1.165) is 11.1 Å². The third-order valence-electron chi connectivity index (χ3n) is 2.90. The van der Waals surface area contributed by atoms with Crippen molar-refractivity contribution in [3.05, 3.63) is 35.4 Å². The van der Waals surface area contributed by atoms with Crippen molar-refractivity contribution in [1.29, 1.82) is 0 Å². The maximum atomic E-state index is 11.9. The summed E-state index contributed by atoms with van der Waals surface area (Å²) < 4.78 is 0. The molecule has 0 bridgehead atoms. The number of nitrogens with two attached hydrogens (primary N) is 1. The maximum absolute atomic E-state index is 11.9. The van der Waals surface area contributed by atoms with Crippen molar-refractivity contribution in [3.8, 4) is 0 Å². The zero-order valence-corrected chi connectivity index (χ0v) is 11.1. The van der Waals surface area contributed by atoms with Crippen LogP contribution in [0.2, 0.25) is 0 Å². The van der Waals surface area contributed by atoms with Gasteiger partial charge in [-0.15, -0.1) is 0 Å². The highest BCUT2D eigenvalue weighted by atomic mass is 16.3. The molecule has 0 aliphatic carbocycles. The topological polar surface area (TPSA) is 75.3 Å². The molecule has 4 heteroatoms. The van der Waals surface area contributed by atoms with Crippen molar-refractivity contribution in [2.24, 2.45) is 5.73 Å². The smallest absolute Gasteiger partial charge is 0.224 e. The fourth-order valence-electron chi connectivity index (χ4n) is 1.87. The Balaban J connectivity index is 2.65. The van der Waals surface area contributed by atoms with Gasteiger partial charge < -0.3 is 16.2 Å². The van der Waals surface area contributed by atoms with Gasteiger partial charge in [0.05, 0.1) is 6.42 Å². The van der Waals surface area contributed by atoms with Gasteiger partial charge in [0.15, 0.2) is 0 Å². The predicted molar refractivity (Wildman–Crippen MR) is 72.0 cm³/mol. The predicted octanol–water partition coefficient (Wildman–Crippen LogP) is 0.965. The van der Waals surface area contributed by atoms with Gasteiger partial charge >= 0.3 is 0 Å². The molecule has 100 valence electrons. The minimum Gasteiger partial charge on any atom is -0.396 e. The van der Waals surface area contributed by atoms with Crippen LogP contribution >= 0.6 is 0 Å². The van der Waals surface area contributed by atoms with E-state index in [-0.39, 0.29) is 18.1 Å². The third kappa shape index (κ3) is 4.47. The first-order valence-electron chi connectivity index (χ1n) is 6.17. The highest BCUT2D eigenvalue weighted by Gasteiger charge is 2.19. The molecule has 0 saturated carbocycles. The van der Waals surface area contributed by atoms with Crippen molar-refractivity contribution in [2.75, 3.05) is 6.61 Å². The van der Waals surface area contributed by atoms with E-state index in [0.29, 0.717) is 19.4 Å². The normalized spacial score (nSPS) is 11.3. The number of hydrogen-bond acceptors (Lipinski definition) is 3. The Hall–Kier alpha value is -1.39. The molecular formula is C14H22N2O2. The first-order valence-corrected chi connectivity index (χ1v) is 6.17. The molecule has 0 aromatic heterocycles. The maximum Gasteiger partial charge on any atom is 0.224 e. The molecule has 0 aliphatic heterocycles. The molecule has 0 saturated heterocycles. The Bertz CT molecular complexity index is 403. The summed E-state index contributed by atoms with van der Waals surface area (Å²) in [5, 5.41) is 11.8. The summed E-state index contributed by atoms with van der Waals surface area (Å²) >= 11 is 0. The Kier molecular flexibility index (Phi) is 5.31. The van der Waals surface area contributed by atoms with Crippen molar-refractivity contribution >= 4 is 5.91 Å². The van der Waals surface area contributed by atoms with Crippen LogP contribution in [0.15, 0.2) is 24.3 Å². The number of carbonyl (C=O) groups is 1. The van der Waals surface area contributed by atoms with E-state index < -0.39 is 0 Å². The molecule has 18 heavy (non-hydrogen) atoms. The lowest BCUT2D eigenvalue weighted by Gasteiger charge is -2.25. The SMILES string of the molecule is CC(C)(CCO)NC(=O)Cc1ccccc1CN. The molecule has 0 unspecified atom stereocenters. The number of rotatable bonds is 6.